The Balaban J connectivity index is 1.73. The molecular weight excluding hydrogens is 516 g/mol. The maximum Gasteiger partial charge on any atom is 0.326 e. The molecule has 3 N–H and O–H groups in total. The molecule has 0 heterocycles. The fourth-order valence-corrected chi connectivity index (χ4v) is 5.32. The number of amides is 1. The summed E-state index contributed by atoms with van der Waals surface area (Å²) in [6, 6.07) is 20.8. The Hall–Kier alpha value is -3.98. The predicted molar refractivity (Wildman–Crippen MR) is 150 cm³/mol. The average Bonchev–Trinajstić information content (AvgIpc) is 2.91. The number of aldehydes is 1. The molecule has 0 saturated heterocycles. The first-order valence-electron chi connectivity index (χ1n) is 12.8. The molecule has 3 rings (SSSR count). The second-order valence-corrected chi connectivity index (χ2v) is 11.5. The maximum atomic E-state index is 13.3. The van der Waals surface area contributed by atoms with Crippen LogP contribution in [0, 0.1) is 5.92 Å². The number of carbonyl (C=O) groups excluding carboxylic acids is 2. The molecule has 3 aromatic rings. The first kappa shape index (κ1) is 29.6. The van der Waals surface area contributed by atoms with Crippen LogP contribution in [0.1, 0.15) is 49.3 Å². The molecular formula is C30H34N2O6S. The average molecular weight is 551 g/mol. The molecule has 9 heteroatoms. The highest BCUT2D eigenvalue weighted by molar-refractivity contribution is 7.92. The van der Waals surface area contributed by atoms with Crippen molar-refractivity contribution >= 4 is 33.9 Å². The summed E-state index contributed by atoms with van der Waals surface area (Å²) in [5.41, 5.74) is 2.75. The molecule has 206 valence electrons. The van der Waals surface area contributed by atoms with Gasteiger partial charge in [-0.1, -0.05) is 68.4 Å². The zero-order valence-electron chi connectivity index (χ0n) is 22.0. The van der Waals surface area contributed by atoms with E-state index in [0.29, 0.717) is 30.5 Å². The van der Waals surface area contributed by atoms with Crippen molar-refractivity contribution in [3.8, 4) is 0 Å². The fourth-order valence-electron chi connectivity index (χ4n) is 4.24. The molecule has 0 fully saturated rings. The lowest BCUT2D eigenvalue weighted by atomic mass is 9.89. The van der Waals surface area contributed by atoms with Crippen LogP contribution in [-0.2, 0) is 37.2 Å². The molecule has 1 amide bonds. The van der Waals surface area contributed by atoms with Crippen LogP contribution < -0.4 is 10.0 Å². The molecule has 3 aromatic carbocycles. The van der Waals surface area contributed by atoms with Crippen molar-refractivity contribution in [3.63, 3.8) is 0 Å². The Kier molecular flexibility index (Phi) is 10.4. The summed E-state index contributed by atoms with van der Waals surface area (Å²) in [7, 11) is -3.75. The second kappa shape index (κ2) is 13.7. The molecule has 0 aromatic heterocycles. The smallest absolute Gasteiger partial charge is 0.326 e. The summed E-state index contributed by atoms with van der Waals surface area (Å²) >= 11 is 0. The number of hydrogen-bond donors (Lipinski definition) is 3. The van der Waals surface area contributed by atoms with Crippen molar-refractivity contribution in [2.75, 3.05) is 4.72 Å². The van der Waals surface area contributed by atoms with Gasteiger partial charge in [0.05, 0.1) is 10.8 Å². The Morgan fingerprint density at radius 3 is 2.08 bits per heavy atom. The van der Waals surface area contributed by atoms with Crippen molar-refractivity contribution < 1.29 is 27.9 Å². The summed E-state index contributed by atoms with van der Waals surface area (Å²) in [5.74, 6) is -2.00. The SMILES string of the molecule is CC(C)CC(C(=O)N[C@@H](Cc1ccc(CCC=O)cc1)C(=O)O)c1ccc(NS(=O)(=O)c2ccccc2)cc1. The van der Waals surface area contributed by atoms with E-state index in [1.807, 2.05) is 38.1 Å². The van der Waals surface area contributed by atoms with E-state index in [4.69, 9.17) is 0 Å². The van der Waals surface area contributed by atoms with Crippen LogP contribution in [0.15, 0.2) is 83.8 Å². The highest BCUT2D eigenvalue weighted by atomic mass is 32.2. The number of carboxylic acid groups (broad SMARTS) is 1. The Bertz CT molecular complexity index is 1350. The Morgan fingerprint density at radius 2 is 1.51 bits per heavy atom. The Morgan fingerprint density at radius 1 is 0.897 bits per heavy atom. The predicted octanol–water partition coefficient (Wildman–Crippen LogP) is 4.56. The van der Waals surface area contributed by atoms with Crippen LogP contribution in [-0.4, -0.2) is 37.7 Å². The van der Waals surface area contributed by atoms with Gasteiger partial charge in [-0.3, -0.25) is 9.52 Å². The number of hydrogen-bond acceptors (Lipinski definition) is 5. The number of aliphatic carboxylic acids is 1. The zero-order chi connectivity index (χ0) is 28.4. The number of nitrogens with one attached hydrogen (secondary N) is 2. The maximum absolute atomic E-state index is 13.3. The van der Waals surface area contributed by atoms with Gasteiger partial charge in [-0.15, -0.1) is 0 Å². The number of anilines is 1. The number of benzene rings is 3. The van der Waals surface area contributed by atoms with Crippen molar-refractivity contribution in [2.45, 2.75) is 56.4 Å². The second-order valence-electron chi connectivity index (χ2n) is 9.85. The standard InChI is InChI=1S/C30H34N2O6S/c1-21(2)19-27(24-14-16-25(17-15-24)32-39(37,38)26-8-4-3-5-9-26)29(34)31-28(30(35)36)20-23-12-10-22(11-13-23)7-6-18-33/h3-5,8-18,21,27-28,32H,6-7,19-20H2,1-2H3,(H,31,34)(H,35,36)/t27?,28-/m0/s1. The van der Waals surface area contributed by atoms with E-state index >= 15 is 0 Å². The highest BCUT2D eigenvalue weighted by Gasteiger charge is 2.27. The van der Waals surface area contributed by atoms with Gasteiger partial charge in [0.2, 0.25) is 5.91 Å². The van der Waals surface area contributed by atoms with Gasteiger partial charge in [0, 0.05) is 18.5 Å². The van der Waals surface area contributed by atoms with Crippen LogP contribution in [0.3, 0.4) is 0 Å². The van der Waals surface area contributed by atoms with Crippen LogP contribution in [0.5, 0.6) is 0 Å². The van der Waals surface area contributed by atoms with E-state index in [-0.39, 0.29) is 17.2 Å². The van der Waals surface area contributed by atoms with Crippen molar-refractivity contribution in [1.29, 1.82) is 0 Å². The molecule has 0 aliphatic carbocycles. The van der Waals surface area contributed by atoms with Crippen molar-refractivity contribution in [1.82, 2.24) is 5.32 Å². The van der Waals surface area contributed by atoms with Crippen LogP contribution >= 0.6 is 0 Å². The van der Waals surface area contributed by atoms with Crippen molar-refractivity contribution in [3.05, 3.63) is 95.6 Å². The molecule has 2 atom stereocenters. The largest absolute Gasteiger partial charge is 0.480 e. The van der Waals surface area contributed by atoms with E-state index in [1.54, 1.807) is 42.5 Å². The summed E-state index contributed by atoms with van der Waals surface area (Å²) in [4.78, 5) is 36.1. The molecule has 1 unspecified atom stereocenters. The van der Waals surface area contributed by atoms with Gasteiger partial charge in [-0.2, -0.15) is 0 Å². The third kappa shape index (κ3) is 8.78. The van der Waals surface area contributed by atoms with Crippen LogP contribution in [0.4, 0.5) is 5.69 Å². The minimum Gasteiger partial charge on any atom is -0.480 e. The first-order valence-corrected chi connectivity index (χ1v) is 14.3. The molecule has 8 nitrogen and oxygen atoms in total. The highest BCUT2D eigenvalue weighted by Crippen LogP contribution is 2.27. The fraction of sp³-hybridized carbons (Fsp3) is 0.300. The number of sulfonamides is 1. The summed E-state index contributed by atoms with van der Waals surface area (Å²) in [5, 5.41) is 12.5. The topological polar surface area (TPSA) is 130 Å². The minimum absolute atomic E-state index is 0.115. The minimum atomic E-state index is -3.75. The number of aryl methyl sites for hydroxylation is 1. The van der Waals surface area contributed by atoms with E-state index in [0.717, 1.165) is 17.4 Å². The number of carboxylic acids is 1. The van der Waals surface area contributed by atoms with E-state index in [2.05, 4.69) is 10.0 Å². The van der Waals surface area contributed by atoms with Gasteiger partial charge in [0.15, 0.2) is 0 Å². The van der Waals surface area contributed by atoms with Gasteiger partial charge in [-0.05, 0) is 59.7 Å². The van der Waals surface area contributed by atoms with Gasteiger partial charge >= 0.3 is 5.97 Å². The van der Waals surface area contributed by atoms with Crippen LogP contribution in [0.2, 0.25) is 0 Å². The van der Waals surface area contributed by atoms with Gasteiger partial charge in [0.1, 0.15) is 12.3 Å². The molecule has 0 aliphatic rings. The molecule has 0 bridgehead atoms. The lowest BCUT2D eigenvalue weighted by Gasteiger charge is -2.22. The number of rotatable bonds is 14. The van der Waals surface area contributed by atoms with Gasteiger partial charge in [-0.25, -0.2) is 13.2 Å². The summed E-state index contributed by atoms with van der Waals surface area (Å²) in [6.45, 7) is 3.95. The van der Waals surface area contributed by atoms with Gasteiger partial charge < -0.3 is 15.2 Å². The first-order chi connectivity index (χ1) is 18.6. The quantitative estimate of drug-likeness (QED) is 0.252. The zero-order valence-corrected chi connectivity index (χ0v) is 22.9. The molecule has 39 heavy (non-hydrogen) atoms. The molecule has 0 aliphatic heterocycles. The third-order valence-electron chi connectivity index (χ3n) is 6.27. The normalized spacial score (nSPS) is 12.9. The van der Waals surface area contributed by atoms with Crippen molar-refractivity contribution in [2.24, 2.45) is 5.92 Å². The number of carbonyl (C=O) groups is 3. The van der Waals surface area contributed by atoms with E-state index in [1.165, 1.54) is 12.1 Å². The summed E-state index contributed by atoms with van der Waals surface area (Å²) < 4.78 is 27.8. The van der Waals surface area contributed by atoms with Gasteiger partial charge in [0.25, 0.3) is 10.0 Å². The lowest BCUT2D eigenvalue weighted by molar-refractivity contribution is -0.142. The summed E-state index contributed by atoms with van der Waals surface area (Å²) in [6.07, 6.45) is 2.49. The van der Waals surface area contributed by atoms with Crippen LogP contribution in [0.25, 0.3) is 0 Å². The van der Waals surface area contributed by atoms with E-state index in [9.17, 15) is 27.9 Å². The lowest BCUT2D eigenvalue weighted by Crippen LogP contribution is -2.44. The van der Waals surface area contributed by atoms with E-state index < -0.39 is 33.9 Å². The monoisotopic (exact) mass is 550 g/mol. The Labute approximate surface area is 229 Å². The molecule has 0 radical (unpaired) electrons. The molecule has 0 saturated carbocycles. The third-order valence-corrected chi connectivity index (χ3v) is 7.67. The molecule has 0 spiro atoms.